The zero-order chi connectivity index (χ0) is 15.0. The Morgan fingerprint density at radius 2 is 2.19 bits per heavy atom. The first kappa shape index (κ1) is 20.3. The molecule has 3 N–H and O–H groups in total. The number of ether oxygens (including phenoxy) is 1. The standard InChI is InChI=1S/C15H24ClN3O.HI/c1-4-12(3)19-15(17)18-8-5-9-20-14-7-6-13(16)10-11(14)2;/h6-7,10,12H,4-5,8-9H2,1-3H3,(H3,17,18,19);1H. The minimum atomic E-state index is 0. The number of aryl methyl sites for hydroxylation is 1. The molecule has 0 aliphatic carbocycles. The lowest BCUT2D eigenvalue weighted by molar-refractivity contribution is 0.311. The van der Waals surface area contributed by atoms with E-state index in [4.69, 9.17) is 22.1 Å². The van der Waals surface area contributed by atoms with Gasteiger partial charge >= 0.3 is 0 Å². The Morgan fingerprint density at radius 3 is 2.81 bits per heavy atom. The molecule has 0 amide bonds. The summed E-state index contributed by atoms with van der Waals surface area (Å²) in [5.41, 5.74) is 6.81. The van der Waals surface area contributed by atoms with Crippen molar-refractivity contribution in [1.82, 2.24) is 5.32 Å². The van der Waals surface area contributed by atoms with E-state index in [0.29, 0.717) is 25.2 Å². The fourth-order valence-corrected chi connectivity index (χ4v) is 1.85. The van der Waals surface area contributed by atoms with Crippen molar-refractivity contribution in [2.45, 2.75) is 39.7 Å². The van der Waals surface area contributed by atoms with Gasteiger partial charge in [0.05, 0.1) is 6.61 Å². The van der Waals surface area contributed by atoms with Crippen molar-refractivity contribution < 1.29 is 4.74 Å². The van der Waals surface area contributed by atoms with Gasteiger partial charge in [-0.05, 0) is 44.0 Å². The van der Waals surface area contributed by atoms with Gasteiger partial charge in [0.2, 0.25) is 0 Å². The molecular formula is C15H25ClIN3O. The average molecular weight is 426 g/mol. The van der Waals surface area contributed by atoms with Crippen molar-refractivity contribution in [2.24, 2.45) is 10.7 Å². The number of nitrogens with zero attached hydrogens (tertiary/aromatic N) is 1. The molecule has 1 atom stereocenters. The van der Waals surface area contributed by atoms with E-state index < -0.39 is 0 Å². The molecule has 0 bridgehead atoms. The number of nitrogens with two attached hydrogens (primary N) is 1. The summed E-state index contributed by atoms with van der Waals surface area (Å²) in [6, 6.07) is 5.96. The second kappa shape index (κ2) is 11.0. The second-order valence-electron chi connectivity index (χ2n) is 4.83. The molecule has 0 aliphatic rings. The van der Waals surface area contributed by atoms with Gasteiger partial charge in [0.15, 0.2) is 5.96 Å². The van der Waals surface area contributed by atoms with Crippen LogP contribution in [0, 0.1) is 6.92 Å². The molecule has 4 nitrogen and oxygen atoms in total. The largest absolute Gasteiger partial charge is 0.493 e. The summed E-state index contributed by atoms with van der Waals surface area (Å²) >= 11 is 5.89. The van der Waals surface area contributed by atoms with E-state index >= 15 is 0 Å². The van der Waals surface area contributed by atoms with Crippen LogP contribution in [0.4, 0.5) is 0 Å². The fraction of sp³-hybridized carbons (Fsp3) is 0.533. The molecule has 0 aromatic heterocycles. The van der Waals surface area contributed by atoms with Crippen molar-refractivity contribution in [3.63, 3.8) is 0 Å². The maximum Gasteiger partial charge on any atom is 0.188 e. The molecule has 120 valence electrons. The SMILES string of the molecule is CCC(C)NC(N)=NCCCOc1ccc(Cl)cc1C.I. The van der Waals surface area contributed by atoms with Gasteiger partial charge in [-0.1, -0.05) is 18.5 Å². The van der Waals surface area contributed by atoms with Crippen LogP contribution in [0.3, 0.4) is 0 Å². The summed E-state index contributed by atoms with van der Waals surface area (Å²) < 4.78 is 5.69. The van der Waals surface area contributed by atoms with Gasteiger partial charge in [0, 0.05) is 24.0 Å². The van der Waals surface area contributed by atoms with Crippen molar-refractivity contribution in [2.75, 3.05) is 13.2 Å². The minimum absolute atomic E-state index is 0. The Hall–Kier alpha value is -0.690. The Morgan fingerprint density at radius 1 is 1.48 bits per heavy atom. The first-order chi connectivity index (χ1) is 9.52. The van der Waals surface area contributed by atoms with Crippen LogP contribution in [-0.2, 0) is 0 Å². The molecule has 1 aromatic rings. The van der Waals surface area contributed by atoms with Crippen molar-refractivity contribution in [1.29, 1.82) is 0 Å². The Bertz CT molecular complexity index is 455. The summed E-state index contributed by atoms with van der Waals surface area (Å²) in [5, 5.41) is 3.85. The Labute approximate surface area is 149 Å². The molecule has 0 saturated carbocycles. The number of benzene rings is 1. The molecule has 0 fully saturated rings. The van der Waals surface area contributed by atoms with Crippen LogP contribution in [-0.4, -0.2) is 25.2 Å². The summed E-state index contributed by atoms with van der Waals surface area (Å²) in [5.74, 6) is 1.37. The number of hydrogen-bond acceptors (Lipinski definition) is 2. The van der Waals surface area contributed by atoms with E-state index in [2.05, 4.69) is 24.2 Å². The lowest BCUT2D eigenvalue weighted by atomic mass is 10.2. The molecular weight excluding hydrogens is 401 g/mol. The molecule has 0 radical (unpaired) electrons. The predicted molar refractivity (Wildman–Crippen MR) is 101 cm³/mol. The van der Waals surface area contributed by atoms with Gasteiger partial charge < -0.3 is 15.8 Å². The van der Waals surface area contributed by atoms with Gasteiger partial charge in [-0.3, -0.25) is 4.99 Å². The number of aliphatic imine (C=N–C) groups is 1. The smallest absolute Gasteiger partial charge is 0.188 e. The highest BCUT2D eigenvalue weighted by atomic mass is 127. The van der Waals surface area contributed by atoms with Gasteiger partial charge in [0.25, 0.3) is 0 Å². The molecule has 0 saturated heterocycles. The molecule has 1 rings (SSSR count). The highest BCUT2D eigenvalue weighted by Crippen LogP contribution is 2.21. The predicted octanol–water partition coefficient (Wildman–Crippen LogP) is 3.74. The Kier molecular flexibility index (Phi) is 10.6. The first-order valence-corrected chi connectivity index (χ1v) is 7.36. The van der Waals surface area contributed by atoms with Crippen molar-refractivity contribution in [3.05, 3.63) is 28.8 Å². The van der Waals surface area contributed by atoms with Gasteiger partial charge in [-0.25, -0.2) is 0 Å². The van der Waals surface area contributed by atoms with Crippen LogP contribution in [0.25, 0.3) is 0 Å². The average Bonchev–Trinajstić information content (AvgIpc) is 2.40. The third-order valence-electron chi connectivity index (χ3n) is 2.99. The molecule has 0 aliphatic heterocycles. The first-order valence-electron chi connectivity index (χ1n) is 6.98. The van der Waals surface area contributed by atoms with E-state index in [9.17, 15) is 0 Å². The molecule has 0 spiro atoms. The van der Waals surface area contributed by atoms with E-state index in [-0.39, 0.29) is 24.0 Å². The number of halogens is 2. The molecule has 1 aromatic carbocycles. The van der Waals surface area contributed by atoms with Crippen LogP contribution in [0.2, 0.25) is 5.02 Å². The summed E-state index contributed by atoms with van der Waals surface area (Å²) in [6.07, 6.45) is 1.85. The van der Waals surface area contributed by atoms with Crippen LogP contribution < -0.4 is 15.8 Å². The summed E-state index contributed by atoms with van der Waals surface area (Å²) in [6.45, 7) is 7.43. The molecule has 1 unspecified atom stereocenters. The van der Waals surface area contributed by atoms with Crippen LogP contribution in [0.5, 0.6) is 5.75 Å². The fourth-order valence-electron chi connectivity index (χ4n) is 1.62. The van der Waals surface area contributed by atoms with Crippen molar-refractivity contribution in [3.8, 4) is 5.75 Å². The van der Waals surface area contributed by atoms with Crippen LogP contribution in [0.15, 0.2) is 23.2 Å². The van der Waals surface area contributed by atoms with E-state index in [1.165, 1.54) is 0 Å². The Balaban J connectivity index is 0.00000400. The third kappa shape index (κ3) is 8.36. The molecule has 6 heteroatoms. The normalized spacial score (nSPS) is 12.5. The van der Waals surface area contributed by atoms with E-state index in [0.717, 1.165) is 29.2 Å². The summed E-state index contributed by atoms with van der Waals surface area (Å²) in [7, 11) is 0. The van der Waals surface area contributed by atoms with Gasteiger partial charge in [-0.15, -0.1) is 24.0 Å². The van der Waals surface area contributed by atoms with Crippen LogP contribution >= 0.6 is 35.6 Å². The number of rotatable bonds is 7. The zero-order valence-electron chi connectivity index (χ0n) is 12.9. The highest BCUT2D eigenvalue weighted by molar-refractivity contribution is 14.0. The molecule has 21 heavy (non-hydrogen) atoms. The quantitative estimate of drug-likeness (QED) is 0.303. The number of nitrogens with one attached hydrogen (secondary N) is 1. The third-order valence-corrected chi connectivity index (χ3v) is 3.22. The number of hydrogen-bond donors (Lipinski definition) is 2. The summed E-state index contributed by atoms with van der Waals surface area (Å²) in [4.78, 5) is 4.26. The van der Waals surface area contributed by atoms with E-state index in [1.54, 1.807) is 0 Å². The van der Waals surface area contributed by atoms with E-state index in [1.807, 2.05) is 25.1 Å². The maximum absolute atomic E-state index is 5.89. The van der Waals surface area contributed by atoms with Gasteiger partial charge in [0.1, 0.15) is 5.75 Å². The highest BCUT2D eigenvalue weighted by Gasteiger charge is 2.01. The van der Waals surface area contributed by atoms with Crippen molar-refractivity contribution >= 4 is 41.5 Å². The lowest BCUT2D eigenvalue weighted by Crippen LogP contribution is -2.38. The topological polar surface area (TPSA) is 59.6 Å². The minimum Gasteiger partial charge on any atom is -0.493 e. The monoisotopic (exact) mass is 425 g/mol. The lowest BCUT2D eigenvalue weighted by Gasteiger charge is -2.12. The molecule has 0 heterocycles. The number of guanidine groups is 1. The van der Waals surface area contributed by atoms with Crippen LogP contribution in [0.1, 0.15) is 32.3 Å². The zero-order valence-corrected chi connectivity index (χ0v) is 15.9. The maximum atomic E-state index is 5.89. The van der Waals surface area contributed by atoms with Gasteiger partial charge in [-0.2, -0.15) is 0 Å². The second-order valence-corrected chi connectivity index (χ2v) is 5.27.